The summed E-state index contributed by atoms with van der Waals surface area (Å²) in [5.74, 6) is 1.01. The molecule has 0 aliphatic rings. The van der Waals surface area contributed by atoms with Gasteiger partial charge >= 0.3 is 0 Å². The van der Waals surface area contributed by atoms with Crippen molar-refractivity contribution < 1.29 is 4.74 Å². The van der Waals surface area contributed by atoms with E-state index in [2.05, 4.69) is 50.4 Å². The van der Waals surface area contributed by atoms with Gasteiger partial charge in [-0.05, 0) is 49.9 Å². The summed E-state index contributed by atoms with van der Waals surface area (Å²) in [6.45, 7) is 8.60. The van der Waals surface area contributed by atoms with Crippen molar-refractivity contribution in [2.45, 2.75) is 71.8 Å². The SMILES string of the molecule is CCCCc1ccc(OCCCCCCNC(C)C)cc1. The Bertz CT molecular complexity index is 345. The zero-order chi connectivity index (χ0) is 15.3. The van der Waals surface area contributed by atoms with Gasteiger partial charge in [0.25, 0.3) is 0 Å². The number of ether oxygens (including phenoxy) is 1. The molecule has 2 heteroatoms. The van der Waals surface area contributed by atoms with E-state index < -0.39 is 0 Å². The normalized spacial score (nSPS) is 11.0. The highest BCUT2D eigenvalue weighted by atomic mass is 16.5. The summed E-state index contributed by atoms with van der Waals surface area (Å²) in [5, 5.41) is 3.45. The molecule has 0 bridgehead atoms. The van der Waals surface area contributed by atoms with E-state index in [1.165, 1.54) is 44.1 Å². The Labute approximate surface area is 131 Å². The molecule has 1 rings (SSSR count). The van der Waals surface area contributed by atoms with Gasteiger partial charge < -0.3 is 10.1 Å². The molecular formula is C19H33NO. The van der Waals surface area contributed by atoms with Crippen LogP contribution in [0.1, 0.15) is 64.9 Å². The second-order valence-electron chi connectivity index (χ2n) is 6.12. The lowest BCUT2D eigenvalue weighted by molar-refractivity contribution is 0.304. The number of unbranched alkanes of at least 4 members (excludes halogenated alkanes) is 4. The number of rotatable bonds is 12. The Balaban J connectivity index is 2.02. The van der Waals surface area contributed by atoms with Gasteiger partial charge in [-0.2, -0.15) is 0 Å². The largest absolute Gasteiger partial charge is 0.494 e. The molecule has 1 N–H and O–H groups in total. The minimum absolute atomic E-state index is 0.605. The number of aryl methyl sites for hydroxylation is 1. The molecule has 0 saturated heterocycles. The zero-order valence-corrected chi connectivity index (χ0v) is 14.2. The fourth-order valence-electron chi connectivity index (χ4n) is 2.29. The summed E-state index contributed by atoms with van der Waals surface area (Å²) < 4.78 is 5.79. The lowest BCUT2D eigenvalue weighted by atomic mass is 10.1. The Kier molecular flexibility index (Phi) is 9.98. The number of nitrogens with one attached hydrogen (secondary N) is 1. The van der Waals surface area contributed by atoms with Crippen molar-refractivity contribution in [3.63, 3.8) is 0 Å². The highest BCUT2D eigenvalue weighted by molar-refractivity contribution is 5.27. The summed E-state index contributed by atoms with van der Waals surface area (Å²) >= 11 is 0. The van der Waals surface area contributed by atoms with Crippen LogP contribution in [-0.2, 0) is 6.42 Å². The molecule has 1 aromatic carbocycles. The molecule has 0 heterocycles. The van der Waals surface area contributed by atoms with Crippen molar-refractivity contribution in [2.75, 3.05) is 13.2 Å². The van der Waals surface area contributed by atoms with Crippen LogP contribution in [0.15, 0.2) is 24.3 Å². The summed E-state index contributed by atoms with van der Waals surface area (Å²) in [6, 6.07) is 9.22. The molecule has 21 heavy (non-hydrogen) atoms. The third kappa shape index (κ3) is 9.52. The van der Waals surface area contributed by atoms with Gasteiger partial charge in [-0.3, -0.25) is 0 Å². The minimum atomic E-state index is 0.605. The molecule has 0 aliphatic heterocycles. The number of hydrogen-bond donors (Lipinski definition) is 1. The third-order valence-electron chi connectivity index (χ3n) is 3.63. The van der Waals surface area contributed by atoms with E-state index in [9.17, 15) is 0 Å². The molecule has 1 aromatic rings. The Morgan fingerprint density at radius 3 is 2.33 bits per heavy atom. The number of hydrogen-bond acceptors (Lipinski definition) is 2. The van der Waals surface area contributed by atoms with Crippen molar-refractivity contribution in [3.8, 4) is 5.75 Å². The third-order valence-corrected chi connectivity index (χ3v) is 3.63. The van der Waals surface area contributed by atoms with E-state index in [0.717, 1.165) is 25.3 Å². The van der Waals surface area contributed by atoms with Gasteiger partial charge in [0.05, 0.1) is 6.61 Å². The summed E-state index contributed by atoms with van der Waals surface area (Å²) in [6.07, 6.45) is 8.68. The van der Waals surface area contributed by atoms with Gasteiger partial charge in [-0.25, -0.2) is 0 Å². The monoisotopic (exact) mass is 291 g/mol. The smallest absolute Gasteiger partial charge is 0.119 e. The predicted molar refractivity (Wildman–Crippen MR) is 92.2 cm³/mol. The van der Waals surface area contributed by atoms with E-state index in [1.807, 2.05) is 0 Å². The first-order valence-electron chi connectivity index (χ1n) is 8.67. The average molecular weight is 291 g/mol. The van der Waals surface area contributed by atoms with E-state index in [0.29, 0.717) is 6.04 Å². The van der Waals surface area contributed by atoms with Crippen LogP contribution in [0.2, 0.25) is 0 Å². The molecular weight excluding hydrogens is 258 g/mol. The molecule has 0 amide bonds. The fraction of sp³-hybridized carbons (Fsp3) is 0.684. The highest BCUT2D eigenvalue weighted by Gasteiger charge is 1.97. The average Bonchev–Trinajstić information content (AvgIpc) is 2.48. The van der Waals surface area contributed by atoms with Gasteiger partial charge in [-0.15, -0.1) is 0 Å². The maximum atomic E-state index is 5.79. The quantitative estimate of drug-likeness (QED) is 0.549. The first-order valence-corrected chi connectivity index (χ1v) is 8.67. The van der Waals surface area contributed by atoms with Crippen LogP contribution in [0.25, 0.3) is 0 Å². The van der Waals surface area contributed by atoms with Crippen LogP contribution in [0.3, 0.4) is 0 Å². The van der Waals surface area contributed by atoms with Crippen molar-refractivity contribution in [3.05, 3.63) is 29.8 Å². The molecule has 0 radical (unpaired) electrons. The van der Waals surface area contributed by atoms with Gasteiger partial charge in [-0.1, -0.05) is 52.2 Å². The maximum Gasteiger partial charge on any atom is 0.119 e. The first kappa shape index (κ1) is 18.0. The van der Waals surface area contributed by atoms with Crippen molar-refractivity contribution in [1.29, 1.82) is 0 Å². The van der Waals surface area contributed by atoms with E-state index in [4.69, 9.17) is 4.74 Å². The first-order chi connectivity index (χ1) is 10.2. The van der Waals surface area contributed by atoms with Crippen LogP contribution in [-0.4, -0.2) is 19.2 Å². The molecule has 2 nitrogen and oxygen atoms in total. The topological polar surface area (TPSA) is 21.3 Å². The van der Waals surface area contributed by atoms with Gasteiger partial charge in [0.1, 0.15) is 5.75 Å². The van der Waals surface area contributed by atoms with Crippen LogP contribution in [0.4, 0.5) is 0 Å². The standard InChI is InChI=1S/C19H33NO/c1-4-5-10-18-11-13-19(14-12-18)21-16-9-7-6-8-15-20-17(2)3/h11-14,17,20H,4-10,15-16H2,1-3H3. The molecule has 0 unspecified atom stereocenters. The van der Waals surface area contributed by atoms with E-state index in [-0.39, 0.29) is 0 Å². The molecule has 0 saturated carbocycles. The van der Waals surface area contributed by atoms with Crippen molar-refractivity contribution >= 4 is 0 Å². The predicted octanol–water partition coefficient (Wildman–Crippen LogP) is 4.97. The van der Waals surface area contributed by atoms with E-state index >= 15 is 0 Å². The van der Waals surface area contributed by atoms with Crippen LogP contribution in [0.5, 0.6) is 5.75 Å². The summed E-state index contributed by atoms with van der Waals surface area (Å²) in [5.41, 5.74) is 1.42. The molecule has 0 spiro atoms. The Morgan fingerprint density at radius 1 is 0.952 bits per heavy atom. The minimum Gasteiger partial charge on any atom is -0.494 e. The van der Waals surface area contributed by atoms with Gasteiger partial charge in [0, 0.05) is 6.04 Å². The maximum absolute atomic E-state index is 5.79. The van der Waals surface area contributed by atoms with E-state index in [1.54, 1.807) is 0 Å². The fourth-order valence-corrected chi connectivity index (χ4v) is 2.29. The Morgan fingerprint density at radius 2 is 1.67 bits per heavy atom. The Hall–Kier alpha value is -1.02. The second kappa shape index (κ2) is 11.6. The van der Waals surface area contributed by atoms with Crippen LogP contribution in [0, 0.1) is 0 Å². The molecule has 0 aromatic heterocycles. The summed E-state index contributed by atoms with van der Waals surface area (Å²) in [7, 11) is 0. The second-order valence-corrected chi connectivity index (χ2v) is 6.12. The van der Waals surface area contributed by atoms with Gasteiger partial charge in [0.2, 0.25) is 0 Å². The highest BCUT2D eigenvalue weighted by Crippen LogP contribution is 2.14. The molecule has 120 valence electrons. The summed E-state index contributed by atoms with van der Waals surface area (Å²) in [4.78, 5) is 0. The zero-order valence-electron chi connectivity index (χ0n) is 14.2. The molecule has 0 aliphatic carbocycles. The molecule has 0 atom stereocenters. The van der Waals surface area contributed by atoms with Crippen molar-refractivity contribution in [1.82, 2.24) is 5.32 Å². The van der Waals surface area contributed by atoms with Gasteiger partial charge in [0.15, 0.2) is 0 Å². The lowest BCUT2D eigenvalue weighted by Crippen LogP contribution is -2.23. The molecule has 0 fully saturated rings. The number of benzene rings is 1. The van der Waals surface area contributed by atoms with Crippen molar-refractivity contribution in [2.24, 2.45) is 0 Å². The lowest BCUT2D eigenvalue weighted by Gasteiger charge is -2.08. The van der Waals surface area contributed by atoms with Crippen LogP contribution >= 0.6 is 0 Å². The van der Waals surface area contributed by atoms with Crippen LogP contribution < -0.4 is 10.1 Å².